The maximum Gasteiger partial charge on any atom is 0.291 e. The standard InChI is InChI=1S/C24H18N6O5S2/c25-37(33,34)18-7-5-17(6-8-18)27-21(31)14-35-19-4-2-1-3-16(19)13-20-23(32)30-24(36-20)28-22(29-30)15-9-11-26-12-10-15/h1-13H,14H2,(H,27,31)(H2,25,33,34)/b20-13-. The number of primary sulfonamides is 1. The number of carbonyl (C=O) groups excluding carboxylic acids is 1. The summed E-state index contributed by atoms with van der Waals surface area (Å²) in [7, 11) is -3.82. The number of hydrogen-bond acceptors (Lipinski definition) is 9. The van der Waals surface area contributed by atoms with Crippen LogP contribution in [0.3, 0.4) is 0 Å². The van der Waals surface area contributed by atoms with Crippen LogP contribution in [0.25, 0.3) is 22.4 Å². The Hall–Kier alpha value is -4.46. The second-order valence-corrected chi connectivity index (χ2v) is 10.3. The van der Waals surface area contributed by atoms with Crippen molar-refractivity contribution in [1.29, 1.82) is 0 Å². The summed E-state index contributed by atoms with van der Waals surface area (Å²) in [4.78, 5) is 34.1. The van der Waals surface area contributed by atoms with Crippen LogP contribution in [0, 0.1) is 0 Å². The number of hydrogen-bond donors (Lipinski definition) is 2. The van der Waals surface area contributed by atoms with Gasteiger partial charge >= 0.3 is 0 Å². The third-order valence-electron chi connectivity index (χ3n) is 5.15. The Morgan fingerprint density at radius 3 is 2.51 bits per heavy atom. The van der Waals surface area contributed by atoms with Gasteiger partial charge in [-0.25, -0.2) is 13.6 Å². The fraction of sp³-hybridized carbons (Fsp3) is 0.0417. The Morgan fingerprint density at radius 1 is 1.08 bits per heavy atom. The summed E-state index contributed by atoms with van der Waals surface area (Å²) in [6.45, 7) is -0.309. The fourth-order valence-electron chi connectivity index (χ4n) is 3.40. The number of fused-ring (bicyclic) bond motifs is 1. The first-order valence-corrected chi connectivity index (χ1v) is 13.1. The van der Waals surface area contributed by atoms with Gasteiger partial charge in [-0.3, -0.25) is 14.6 Å². The number of pyridine rings is 1. The molecule has 0 aliphatic heterocycles. The topological polar surface area (TPSA) is 159 Å². The first-order valence-electron chi connectivity index (χ1n) is 10.7. The van der Waals surface area contributed by atoms with Gasteiger partial charge < -0.3 is 10.1 Å². The summed E-state index contributed by atoms with van der Waals surface area (Å²) in [5, 5.41) is 12.0. The van der Waals surface area contributed by atoms with Gasteiger partial charge in [0.05, 0.1) is 9.43 Å². The second-order valence-electron chi connectivity index (χ2n) is 7.73. The van der Waals surface area contributed by atoms with Crippen LogP contribution in [0.1, 0.15) is 5.56 Å². The minimum Gasteiger partial charge on any atom is -0.483 e. The molecule has 0 bridgehead atoms. The van der Waals surface area contributed by atoms with E-state index in [1.807, 2.05) is 0 Å². The number of nitrogens with zero attached hydrogens (tertiary/aromatic N) is 4. The van der Waals surface area contributed by atoms with Gasteiger partial charge in [-0.15, -0.1) is 5.10 Å². The second kappa shape index (κ2) is 9.89. The number of ether oxygens (including phenoxy) is 1. The molecule has 3 N–H and O–H groups in total. The van der Waals surface area contributed by atoms with E-state index in [4.69, 9.17) is 9.88 Å². The normalized spacial score (nSPS) is 12.1. The Labute approximate surface area is 213 Å². The van der Waals surface area contributed by atoms with E-state index in [0.717, 1.165) is 5.56 Å². The number of benzene rings is 2. The SMILES string of the molecule is NS(=O)(=O)c1ccc(NC(=O)COc2ccccc2/C=c2\sc3nc(-c4ccncc4)nn3c2=O)cc1. The highest BCUT2D eigenvalue weighted by Crippen LogP contribution is 2.20. The quantitative estimate of drug-likeness (QED) is 0.317. The predicted molar refractivity (Wildman–Crippen MR) is 138 cm³/mol. The number of para-hydroxylation sites is 1. The van der Waals surface area contributed by atoms with E-state index in [9.17, 15) is 18.0 Å². The third-order valence-corrected chi connectivity index (χ3v) is 7.04. The molecule has 0 aliphatic rings. The van der Waals surface area contributed by atoms with Gasteiger partial charge in [0, 0.05) is 29.2 Å². The van der Waals surface area contributed by atoms with Crippen molar-refractivity contribution < 1.29 is 17.9 Å². The van der Waals surface area contributed by atoms with Crippen molar-refractivity contribution >= 4 is 44.0 Å². The zero-order valence-corrected chi connectivity index (χ0v) is 20.6. The van der Waals surface area contributed by atoms with E-state index >= 15 is 0 Å². The summed E-state index contributed by atoms with van der Waals surface area (Å²) in [6, 6.07) is 16.0. The Bertz CT molecular complexity index is 1820. The molecule has 2 aromatic carbocycles. The largest absolute Gasteiger partial charge is 0.483 e. The number of sulfonamides is 1. The lowest BCUT2D eigenvalue weighted by atomic mass is 10.2. The molecule has 1 amide bonds. The van der Waals surface area contributed by atoms with Crippen LogP contribution in [0.2, 0.25) is 0 Å². The average Bonchev–Trinajstić information content (AvgIpc) is 3.43. The van der Waals surface area contributed by atoms with Crippen molar-refractivity contribution in [3.8, 4) is 17.1 Å². The molecule has 0 saturated carbocycles. The molecule has 0 spiro atoms. The molecular formula is C24H18N6O5S2. The highest BCUT2D eigenvalue weighted by molar-refractivity contribution is 7.89. The first kappa shape index (κ1) is 24.2. The van der Waals surface area contributed by atoms with Gasteiger partial charge in [-0.2, -0.15) is 9.50 Å². The molecule has 186 valence electrons. The van der Waals surface area contributed by atoms with E-state index < -0.39 is 15.9 Å². The van der Waals surface area contributed by atoms with Crippen molar-refractivity contribution in [3.05, 3.63) is 93.5 Å². The molecule has 11 nitrogen and oxygen atoms in total. The summed E-state index contributed by atoms with van der Waals surface area (Å²) >= 11 is 1.19. The zero-order valence-electron chi connectivity index (χ0n) is 18.9. The highest BCUT2D eigenvalue weighted by atomic mass is 32.2. The van der Waals surface area contributed by atoms with Crippen molar-refractivity contribution in [3.63, 3.8) is 0 Å². The number of anilines is 1. The molecular weight excluding hydrogens is 516 g/mol. The Kier molecular flexibility index (Phi) is 6.48. The number of rotatable bonds is 7. The van der Waals surface area contributed by atoms with Crippen molar-refractivity contribution in [1.82, 2.24) is 19.6 Å². The number of amides is 1. The van der Waals surface area contributed by atoms with Crippen LogP contribution in [-0.4, -0.2) is 40.5 Å². The maximum absolute atomic E-state index is 12.9. The number of nitrogens with two attached hydrogens (primary N) is 1. The lowest BCUT2D eigenvalue weighted by Gasteiger charge is -2.10. The van der Waals surface area contributed by atoms with Crippen molar-refractivity contribution in [2.45, 2.75) is 4.90 Å². The molecule has 3 heterocycles. The lowest BCUT2D eigenvalue weighted by molar-refractivity contribution is -0.118. The summed E-state index contributed by atoms with van der Waals surface area (Å²) < 4.78 is 30.1. The molecule has 5 aromatic rings. The summed E-state index contributed by atoms with van der Waals surface area (Å²) in [5.74, 6) is 0.384. The molecule has 0 fully saturated rings. The van der Waals surface area contributed by atoms with E-state index in [-0.39, 0.29) is 17.1 Å². The first-order chi connectivity index (χ1) is 17.8. The molecule has 37 heavy (non-hydrogen) atoms. The van der Waals surface area contributed by atoms with Gasteiger partial charge in [0.1, 0.15) is 5.75 Å². The van der Waals surface area contributed by atoms with Crippen LogP contribution in [0.4, 0.5) is 5.69 Å². The number of nitrogens with one attached hydrogen (secondary N) is 1. The van der Waals surface area contributed by atoms with Crippen LogP contribution in [0.5, 0.6) is 5.75 Å². The summed E-state index contributed by atoms with van der Waals surface area (Å²) in [6.07, 6.45) is 4.92. The minimum absolute atomic E-state index is 0.0613. The van der Waals surface area contributed by atoms with E-state index in [1.165, 1.54) is 40.1 Å². The van der Waals surface area contributed by atoms with Crippen LogP contribution >= 0.6 is 11.3 Å². The predicted octanol–water partition coefficient (Wildman–Crippen LogP) is 1.43. The molecule has 13 heteroatoms. The van der Waals surface area contributed by atoms with Gasteiger partial charge in [-0.05, 0) is 48.5 Å². The van der Waals surface area contributed by atoms with Crippen LogP contribution < -0.4 is 25.3 Å². The minimum atomic E-state index is -3.82. The monoisotopic (exact) mass is 534 g/mol. The van der Waals surface area contributed by atoms with Gasteiger partial charge in [0.15, 0.2) is 12.4 Å². The molecule has 0 radical (unpaired) electrons. The average molecular weight is 535 g/mol. The zero-order chi connectivity index (χ0) is 26.0. The van der Waals surface area contributed by atoms with Gasteiger partial charge in [0.25, 0.3) is 11.5 Å². The maximum atomic E-state index is 12.9. The molecule has 5 rings (SSSR count). The molecule has 0 unspecified atom stereocenters. The molecule has 0 aliphatic carbocycles. The van der Waals surface area contributed by atoms with E-state index in [2.05, 4.69) is 20.4 Å². The summed E-state index contributed by atoms with van der Waals surface area (Å²) in [5.41, 5.74) is 1.43. The fourth-order valence-corrected chi connectivity index (χ4v) is 4.81. The van der Waals surface area contributed by atoms with Crippen LogP contribution in [-0.2, 0) is 14.8 Å². The smallest absolute Gasteiger partial charge is 0.291 e. The molecule has 3 aromatic heterocycles. The number of carbonyl (C=O) groups is 1. The number of aromatic nitrogens is 4. The Morgan fingerprint density at radius 2 is 1.81 bits per heavy atom. The molecule has 0 atom stereocenters. The van der Waals surface area contributed by atoms with E-state index in [0.29, 0.717) is 32.3 Å². The van der Waals surface area contributed by atoms with Gasteiger partial charge in [0.2, 0.25) is 15.0 Å². The Balaban J connectivity index is 1.32. The van der Waals surface area contributed by atoms with Crippen molar-refractivity contribution in [2.24, 2.45) is 5.14 Å². The number of thiazole rings is 1. The van der Waals surface area contributed by atoms with Gasteiger partial charge in [-0.1, -0.05) is 29.5 Å². The van der Waals surface area contributed by atoms with Crippen LogP contribution in [0.15, 0.2) is 82.7 Å². The molecule has 0 saturated heterocycles. The highest BCUT2D eigenvalue weighted by Gasteiger charge is 2.13. The lowest BCUT2D eigenvalue weighted by Crippen LogP contribution is -2.24. The van der Waals surface area contributed by atoms with E-state index in [1.54, 1.807) is 54.9 Å². The third kappa shape index (κ3) is 5.38. The van der Waals surface area contributed by atoms with Crippen molar-refractivity contribution in [2.75, 3.05) is 11.9 Å².